The summed E-state index contributed by atoms with van der Waals surface area (Å²) in [6, 6.07) is 7.09. The van der Waals surface area contributed by atoms with Gasteiger partial charge in [0, 0.05) is 0 Å². The topological polar surface area (TPSA) is 9.23 Å². The van der Waals surface area contributed by atoms with Crippen molar-refractivity contribution in [3.63, 3.8) is 0 Å². The van der Waals surface area contributed by atoms with Crippen molar-refractivity contribution in [2.45, 2.75) is 19.5 Å². The molecule has 0 bridgehead atoms. The van der Waals surface area contributed by atoms with E-state index in [0.717, 1.165) is 5.56 Å². The van der Waals surface area contributed by atoms with Crippen molar-refractivity contribution in [1.29, 1.82) is 0 Å². The molecule has 1 aromatic carbocycles. The van der Waals surface area contributed by atoms with Crippen LogP contribution in [-0.2, 0) is 0 Å². The molecule has 0 heterocycles. The molecule has 1 unspecified atom stereocenters. The molecule has 0 saturated carbocycles. The molecule has 1 aliphatic carbocycles. The van der Waals surface area contributed by atoms with Crippen LogP contribution in [0.15, 0.2) is 42.5 Å². The minimum Gasteiger partial charge on any atom is -0.497 e. The second-order valence-corrected chi connectivity index (χ2v) is 4.79. The van der Waals surface area contributed by atoms with Crippen molar-refractivity contribution in [3.8, 4) is 5.75 Å². The Kier molecular flexibility index (Phi) is 3.43. The largest absolute Gasteiger partial charge is 0.497 e. The molecule has 0 saturated heterocycles. The SMILES string of the molecule is COc1cccc(C2=CC(C)(C(F)(F)F)C=CC2)c1. The van der Waals surface area contributed by atoms with Crippen molar-refractivity contribution in [1.82, 2.24) is 0 Å². The summed E-state index contributed by atoms with van der Waals surface area (Å²) in [5.74, 6) is 0.640. The molecule has 0 aliphatic heterocycles. The fourth-order valence-electron chi connectivity index (χ4n) is 2.10. The van der Waals surface area contributed by atoms with Crippen LogP contribution in [0.2, 0.25) is 0 Å². The molecule has 0 aromatic heterocycles. The van der Waals surface area contributed by atoms with Crippen molar-refractivity contribution in [2.24, 2.45) is 5.41 Å². The third kappa shape index (κ3) is 2.67. The molecular formula is C15H15F3O. The zero-order valence-electron chi connectivity index (χ0n) is 10.8. The van der Waals surface area contributed by atoms with Crippen molar-refractivity contribution in [3.05, 3.63) is 48.1 Å². The Bertz CT molecular complexity index is 528. The molecule has 0 fully saturated rings. The van der Waals surface area contributed by atoms with E-state index in [1.165, 1.54) is 26.2 Å². The Morgan fingerprint density at radius 2 is 2.00 bits per heavy atom. The number of ether oxygens (including phenoxy) is 1. The highest BCUT2D eigenvalue weighted by atomic mass is 19.4. The highest BCUT2D eigenvalue weighted by Crippen LogP contribution is 2.45. The summed E-state index contributed by atoms with van der Waals surface area (Å²) >= 11 is 0. The first-order chi connectivity index (χ1) is 8.86. The molecule has 0 radical (unpaired) electrons. The monoisotopic (exact) mass is 268 g/mol. The number of alkyl halides is 3. The highest BCUT2D eigenvalue weighted by Gasteiger charge is 2.48. The minimum atomic E-state index is -4.28. The lowest BCUT2D eigenvalue weighted by Gasteiger charge is -2.29. The normalized spacial score (nSPS) is 23.1. The van der Waals surface area contributed by atoms with Crippen LogP contribution < -0.4 is 4.74 Å². The van der Waals surface area contributed by atoms with Gasteiger partial charge >= 0.3 is 6.18 Å². The predicted molar refractivity (Wildman–Crippen MR) is 68.9 cm³/mol. The maximum atomic E-state index is 13.0. The van der Waals surface area contributed by atoms with E-state index < -0.39 is 11.6 Å². The standard InChI is InChI=1S/C15H15F3O/c1-14(15(16,17)18)8-4-6-12(10-14)11-5-3-7-13(9-11)19-2/h3-5,7-10H,6H2,1-2H3. The van der Waals surface area contributed by atoms with E-state index in [1.807, 2.05) is 0 Å². The maximum Gasteiger partial charge on any atom is 0.400 e. The van der Waals surface area contributed by atoms with Crippen LogP contribution in [0.5, 0.6) is 5.75 Å². The van der Waals surface area contributed by atoms with E-state index in [1.54, 1.807) is 30.3 Å². The van der Waals surface area contributed by atoms with E-state index in [9.17, 15) is 13.2 Å². The van der Waals surface area contributed by atoms with Crippen LogP contribution in [0.1, 0.15) is 18.9 Å². The Morgan fingerprint density at radius 3 is 2.63 bits per heavy atom. The van der Waals surface area contributed by atoms with Gasteiger partial charge in [-0.05, 0) is 36.6 Å². The molecule has 4 heteroatoms. The Hall–Kier alpha value is -1.71. The van der Waals surface area contributed by atoms with Gasteiger partial charge in [0.2, 0.25) is 0 Å². The van der Waals surface area contributed by atoms with Gasteiger partial charge in [-0.15, -0.1) is 0 Å². The third-order valence-corrected chi connectivity index (χ3v) is 3.33. The number of allylic oxidation sites excluding steroid dienone is 4. The fraction of sp³-hybridized carbons (Fsp3) is 0.333. The minimum absolute atomic E-state index is 0.499. The molecule has 2 rings (SSSR count). The first-order valence-electron chi connectivity index (χ1n) is 5.96. The highest BCUT2D eigenvalue weighted by molar-refractivity contribution is 5.70. The lowest BCUT2D eigenvalue weighted by atomic mass is 9.81. The summed E-state index contributed by atoms with van der Waals surface area (Å²) in [4.78, 5) is 0. The van der Waals surface area contributed by atoms with Crippen LogP contribution in [0.3, 0.4) is 0 Å². The smallest absolute Gasteiger partial charge is 0.400 e. The zero-order chi connectivity index (χ0) is 14.1. The predicted octanol–water partition coefficient (Wildman–Crippen LogP) is 4.61. The second kappa shape index (κ2) is 4.76. The van der Waals surface area contributed by atoms with Gasteiger partial charge in [0.15, 0.2) is 0 Å². The molecule has 0 N–H and O–H groups in total. The van der Waals surface area contributed by atoms with Gasteiger partial charge in [-0.1, -0.05) is 30.4 Å². The van der Waals surface area contributed by atoms with Gasteiger partial charge in [-0.25, -0.2) is 0 Å². The average molecular weight is 268 g/mol. The Balaban J connectivity index is 2.40. The van der Waals surface area contributed by atoms with Crippen LogP contribution in [0, 0.1) is 5.41 Å². The van der Waals surface area contributed by atoms with Crippen molar-refractivity contribution < 1.29 is 17.9 Å². The molecular weight excluding hydrogens is 253 g/mol. The first kappa shape index (κ1) is 13.7. The van der Waals surface area contributed by atoms with Crippen LogP contribution in [0.25, 0.3) is 5.57 Å². The number of hydrogen-bond acceptors (Lipinski definition) is 1. The number of hydrogen-bond donors (Lipinski definition) is 0. The summed E-state index contributed by atoms with van der Waals surface area (Å²) in [5, 5.41) is 0. The zero-order valence-corrected chi connectivity index (χ0v) is 10.8. The number of methoxy groups -OCH3 is 1. The average Bonchev–Trinajstić information content (AvgIpc) is 2.37. The van der Waals surface area contributed by atoms with Crippen LogP contribution in [0.4, 0.5) is 13.2 Å². The van der Waals surface area contributed by atoms with E-state index in [0.29, 0.717) is 17.7 Å². The van der Waals surface area contributed by atoms with E-state index >= 15 is 0 Å². The summed E-state index contributed by atoms with van der Waals surface area (Å²) in [7, 11) is 1.54. The van der Waals surface area contributed by atoms with E-state index in [-0.39, 0.29) is 0 Å². The fourth-order valence-corrected chi connectivity index (χ4v) is 2.10. The number of benzene rings is 1. The summed E-state index contributed by atoms with van der Waals surface area (Å²) in [6.45, 7) is 1.18. The summed E-state index contributed by atoms with van der Waals surface area (Å²) in [6.07, 6.45) is 0.299. The molecule has 1 atom stereocenters. The summed E-state index contributed by atoms with van der Waals surface area (Å²) in [5.41, 5.74) is -0.468. The van der Waals surface area contributed by atoms with Gasteiger partial charge in [0.25, 0.3) is 0 Å². The molecule has 19 heavy (non-hydrogen) atoms. The Labute approximate surface area is 110 Å². The second-order valence-electron chi connectivity index (χ2n) is 4.79. The molecule has 1 nitrogen and oxygen atoms in total. The van der Waals surface area contributed by atoms with Crippen molar-refractivity contribution >= 4 is 5.57 Å². The summed E-state index contributed by atoms with van der Waals surface area (Å²) < 4.78 is 44.2. The van der Waals surface area contributed by atoms with Crippen LogP contribution in [-0.4, -0.2) is 13.3 Å². The molecule has 1 aromatic rings. The van der Waals surface area contributed by atoms with Gasteiger partial charge in [0.1, 0.15) is 5.75 Å². The molecule has 0 spiro atoms. The van der Waals surface area contributed by atoms with E-state index in [2.05, 4.69) is 0 Å². The molecule has 0 amide bonds. The van der Waals surface area contributed by atoms with Crippen LogP contribution >= 0.6 is 0 Å². The number of rotatable bonds is 2. The lowest BCUT2D eigenvalue weighted by Crippen LogP contribution is -2.32. The molecule has 102 valence electrons. The molecule has 1 aliphatic rings. The lowest BCUT2D eigenvalue weighted by molar-refractivity contribution is -0.183. The third-order valence-electron chi connectivity index (χ3n) is 3.33. The Morgan fingerprint density at radius 1 is 1.26 bits per heavy atom. The quantitative estimate of drug-likeness (QED) is 0.712. The van der Waals surface area contributed by atoms with Gasteiger partial charge < -0.3 is 4.74 Å². The van der Waals surface area contributed by atoms with Crippen molar-refractivity contribution in [2.75, 3.05) is 7.11 Å². The number of halogens is 3. The van der Waals surface area contributed by atoms with Gasteiger partial charge in [0.05, 0.1) is 12.5 Å². The van der Waals surface area contributed by atoms with Gasteiger partial charge in [-0.2, -0.15) is 13.2 Å². The van der Waals surface area contributed by atoms with Gasteiger partial charge in [-0.3, -0.25) is 0 Å². The van der Waals surface area contributed by atoms with E-state index in [4.69, 9.17) is 4.74 Å². The maximum absolute atomic E-state index is 13.0. The first-order valence-corrected chi connectivity index (χ1v) is 5.96.